The highest BCUT2D eigenvalue weighted by atomic mass is 35.5. The molecule has 0 radical (unpaired) electrons. The molecule has 0 bridgehead atoms. The zero-order chi connectivity index (χ0) is 13.6. The first kappa shape index (κ1) is 8.48. The normalized spacial score (nSPS) is 13.8. The molecule has 1 heterocycles. The van der Waals surface area contributed by atoms with Gasteiger partial charge in [-0.05, 0) is 24.5 Å². The maximum absolute atomic E-state index is 7.83. The Morgan fingerprint density at radius 3 is 1.82 bits per heavy atom. The number of pyridine rings is 1. The minimum atomic E-state index is -2.12. The quantitative estimate of drug-likeness (QED) is 0.392. The van der Waals surface area contributed by atoms with E-state index in [0.29, 0.717) is 5.56 Å². The lowest BCUT2D eigenvalue weighted by Crippen LogP contribution is -3.00. The number of hydrogen-bond donors (Lipinski definition) is 0. The SMILES string of the molecule is [2H]C([2H])([2H])c1c2ccccc2[n+](C)c2ccccc12.[Cl-]. The van der Waals surface area contributed by atoms with Crippen LogP contribution in [0, 0.1) is 6.85 Å². The summed E-state index contributed by atoms with van der Waals surface area (Å²) >= 11 is 0. The van der Waals surface area contributed by atoms with Crippen molar-refractivity contribution in [3.63, 3.8) is 0 Å². The van der Waals surface area contributed by atoms with E-state index in [1.54, 1.807) is 0 Å². The molecule has 0 atom stereocenters. The lowest BCUT2D eigenvalue weighted by molar-refractivity contribution is -0.617. The van der Waals surface area contributed by atoms with Gasteiger partial charge in [0.2, 0.25) is 11.0 Å². The highest BCUT2D eigenvalue weighted by Crippen LogP contribution is 2.22. The summed E-state index contributed by atoms with van der Waals surface area (Å²) in [5, 5.41) is 1.59. The van der Waals surface area contributed by atoms with Crippen molar-refractivity contribution in [2.24, 2.45) is 7.05 Å². The van der Waals surface area contributed by atoms with E-state index in [1.165, 1.54) is 0 Å². The predicted octanol–water partition coefficient (Wildman–Crippen LogP) is 0.130. The van der Waals surface area contributed by atoms with Crippen LogP contribution < -0.4 is 17.0 Å². The van der Waals surface area contributed by atoms with Crippen molar-refractivity contribution in [2.45, 2.75) is 6.85 Å². The van der Waals surface area contributed by atoms with E-state index in [2.05, 4.69) is 0 Å². The monoisotopic (exact) mass is 246 g/mol. The molecule has 1 aromatic heterocycles. The van der Waals surface area contributed by atoms with Gasteiger partial charge < -0.3 is 12.4 Å². The van der Waals surface area contributed by atoms with Gasteiger partial charge in [0.15, 0.2) is 0 Å². The van der Waals surface area contributed by atoms with Crippen LogP contribution in [0.2, 0.25) is 0 Å². The zero-order valence-electron chi connectivity index (χ0n) is 12.4. The molecule has 0 aliphatic heterocycles. The molecule has 86 valence electrons. The summed E-state index contributed by atoms with van der Waals surface area (Å²) in [6, 6.07) is 15.3. The third kappa shape index (κ3) is 1.67. The first-order chi connectivity index (χ1) is 9.00. The fraction of sp³-hybridized carbons (Fsp3) is 0.133. The molecule has 0 aliphatic carbocycles. The number of para-hydroxylation sites is 2. The molecule has 0 amide bonds. The molecule has 3 rings (SSSR count). The molecule has 2 heteroatoms. The molecule has 1 nitrogen and oxygen atoms in total. The second-order valence-electron chi connectivity index (χ2n) is 3.97. The van der Waals surface area contributed by atoms with Crippen LogP contribution in [0.25, 0.3) is 21.8 Å². The molecule has 3 aromatic rings. The smallest absolute Gasteiger partial charge is 0.213 e. The van der Waals surface area contributed by atoms with Crippen molar-refractivity contribution in [2.75, 3.05) is 0 Å². The van der Waals surface area contributed by atoms with E-state index < -0.39 is 6.85 Å². The minimum absolute atomic E-state index is 0. The van der Waals surface area contributed by atoms with Gasteiger partial charge in [-0.25, -0.2) is 0 Å². The van der Waals surface area contributed by atoms with Crippen molar-refractivity contribution in [1.29, 1.82) is 0 Å². The highest BCUT2D eigenvalue weighted by Gasteiger charge is 2.13. The summed E-state index contributed by atoms with van der Waals surface area (Å²) in [7, 11) is 1.97. The van der Waals surface area contributed by atoms with E-state index in [-0.39, 0.29) is 12.4 Å². The van der Waals surface area contributed by atoms with E-state index >= 15 is 0 Å². The Hall–Kier alpha value is -1.60. The maximum atomic E-state index is 7.83. The first-order valence-electron chi connectivity index (χ1n) is 6.80. The Morgan fingerprint density at radius 2 is 1.35 bits per heavy atom. The van der Waals surface area contributed by atoms with Gasteiger partial charge in [0, 0.05) is 27.0 Å². The molecule has 0 spiro atoms. The number of benzene rings is 2. The average Bonchev–Trinajstić information content (AvgIpc) is 2.38. The summed E-state index contributed by atoms with van der Waals surface area (Å²) in [6.07, 6.45) is 0. The van der Waals surface area contributed by atoms with Gasteiger partial charge in [-0.15, -0.1) is 0 Å². The van der Waals surface area contributed by atoms with Gasteiger partial charge in [0.05, 0.1) is 0 Å². The topological polar surface area (TPSA) is 3.88 Å². The second kappa shape index (κ2) is 4.34. The standard InChI is InChI=1S/C15H14N.ClH/c1-11-12-7-3-5-9-14(12)16(2)15-10-6-4-8-13(11)15;/h3-10H,1-2H3;1H/q+1;/p-1/i1D3;. The van der Waals surface area contributed by atoms with Gasteiger partial charge in [-0.2, -0.15) is 4.57 Å². The number of fused-ring (bicyclic) bond motifs is 2. The van der Waals surface area contributed by atoms with Crippen LogP contribution in [0.3, 0.4) is 0 Å². The lowest BCUT2D eigenvalue weighted by Gasteiger charge is -2.05. The largest absolute Gasteiger partial charge is 1.00 e. The fourth-order valence-corrected chi connectivity index (χ4v) is 2.23. The third-order valence-corrected chi connectivity index (χ3v) is 3.07. The highest BCUT2D eigenvalue weighted by molar-refractivity contribution is 5.93. The summed E-state index contributed by atoms with van der Waals surface area (Å²) < 4.78 is 25.5. The van der Waals surface area contributed by atoms with Gasteiger partial charge in [-0.1, -0.05) is 24.3 Å². The van der Waals surface area contributed by atoms with Crippen LogP contribution in [-0.2, 0) is 7.05 Å². The van der Waals surface area contributed by atoms with Crippen LogP contribution in [0.4, 0.5) is 0 Å². The predicted molar refractivity (Wildman–Crippen MR) is 67.4 cm³/mol. The number of aryl methyl sites for hydroxylation is 2. The van der Waals surface area contributed by atoms with Crippen molar-refractivity contribution in [3.8, 4) is 0 Å². The Kier molecular flexibility index (Phi) is 2.17. The van der Waals surface area contributed by atoms with E-state index in [1.807, 2.05) is 60.1 Å². The molecular formula is C15H14ClN. The van der Waals surface area contributed by atoms with Gasteiger partial charge in [0.25, 0.3) is 0 Å². The van der Waals surface area contributed by atoms with Crippen LogP contribution >= 0.6 is 0 Å². The van der Waals surface area contributed by atoms with Gasteiger partial charge in [-0.3, -0.25) is 0 Å². The molecule has 0 N–H and O–H groups in total. The van der Waals surface area contributed by atoms with E-state index in [4.69, 9.17) is 4.11 Å². The molecule has 0 saturated heterocycles. The lowest BCUT2D eigenvalue weighted by atomic mass is 10.0. The molecular weight excluding hydrogens is 230 g/mol. The van der Waals surface area contributed by atoms with Crippen LogP contribution in [0.15, 0.2) is 48.5 Å². The Labute approximate surface area is 111 Å². The minimum Gasteiger partial charge on any atom is -1.00 e. The fourth-order valence-electron chi connectivity index (χ4n) is 2.23. The summed E-state index contributed by atoms with van der Waals surface area (Å²) in [5.74, 6) is 0. The summed E-state index contributed by atoms with van der Waals surface area (Å²) in [6.45, 7) is -2.12. The Bertz CT molecular complexity index is 724. The molecule has 0 fully saturated rings. The van der Waals surface area contributed by atoms with E-state index in [0.717, 1.165) is 21.8 Å². The van der Waals surface area contributed by atoms with Gasteiger partial charge >= 0.3 is 0 Å². The molecule has 0 aliphatic rings. The van der Waals surface area contributed by atoms with Crippen molar-refractivity contribution >= 4 is 21.8 Å². The molecule has 0 unspecified atom stereocenters. The van der Waals surface area contributed by atoms with Crippen molar-refractivity contribution < 1.29 is 21.1 Å². The maximum Gasteiger partial charge on any atom is 0.213 e. The zero-order valence-corrected chi connectivity index (χ0v) is 10.2. The average molecular weight is 247 g/mol. The number of hydrogen-bond acceptors (Lipinski definition) is 0. The van der Waals surface area contributed by atoms with E-state index in [9.17, 15) is 0 Å². The van der Waals surface area contributed by atoms with Crippen LogP contribution in [-0.4, -0.2) is 0 Å². The van der Waals surface area contributed by atoms with Crippen LogP contribution in [0.1, 0.15) is 9.68 Å². The third-order valence-electron chi connectivity index (χ3n) is 3.07. The van der Waals surface area contributed by atoms with Crippen LogP contribution in [0.5, 0.6) is 0 Å². The van der Waals surface area contributed by atoms with Crippen molar-refractivity contribution in [3.05, 3.63) is 54.1 Å². The number of halogens is 1. The number of nitrogens with zero attached hydrogens (tertiary/aromatic N) is 1. The summed E-state index contributed by atoms with van der Waals surface area (Å²) in [4.78, 5) is 0. The van der Waals surface area contributed by atoms with Crippen molar-refractivity contribution in [1.82, 2.24) is 0 Å². The Balaban J connectivity index is 0.00000147. The first-order valence-corrected chi connectivity index (χ1v) is 5.30. The number of aromatic nitrogens is 1. The number of rotatable bonds is 0. The molecule has 0 saturated carbocycles. The summed E-state index contributed by atoms with van der Waals surface area (Å²) in [5.41, 5.74) is 2.32. The Morgan fingerprint density at radius 1 is 0.882 bits per heavy atom. The molecule has 2 aromatic carbocycles. The van der Waals surface area contributed by atoms with Gasteiger partial charge in [0.1, 0.15) is 7.05 Å². The molecule has 17 heavy (non-hydrogen) atoms. The second-order valence-corrected chi connectivity index (χ2v) is 3.97.